The largest absolute Gasteiger partial charge is 0.396 e. The smallest absolute Gasteiger partial charge is 0.0926 e. The highest BCUT2D eigenvalue weighted by molar-refractivity contribution is 4.83. The Morgan fingerprint density at radius 2 is 1.19 bits per heavy atom. The Morgan fingerprint density at radius 3 is 1.44 bits per heavy atom. The fraction of sp³-hybridized carbons (Fsp3) is 1.00. The van der Waals surface area contributed by atoms with Crippen molar-refractivity contribution in [2.24, 2.45) is 0 Å². The van der Waals surface area contributed by atoms with E-state index in [-0.39, 0.29) is 38.9 Å². The molecule has 0 bridgehead atoms. The number of hydrogen-bond acceptors (Lipinski definition) is 6. The minimum absolute atomic E-state index is 0.110. The molecule has 2 atom stereocenters. The summed E-state index contributed by atoms with van der Waals surface area (Å²) in [6, 6.07) is 0. The van der Waals surface area contributed by atoms with Crippen LogP contribution in [0.3, 0.4) is 0 Å². The number of rotatable bonds is 9. The molecule has 0 aromatic rings. The van der Waals surface area contributed by atoms with E-state index in [0.29, 0.717) is 0 Å². The molecule has 0 saturated carbocycles. The van der Waals surface area contributed by atoms with Crippen molar-refractivity contribution in [2.75, 3.05) is 19.8 Å². The van der Waals surface area contributed by atoms with Crippen LogP contribution in [0.1, 0.15) is 25.7 Å². The number of aliphatic hydroxyl groups excluding tert-OH is 5. The first kappa shape index (κ1) is 15.8. The van der Waals surface area contributed by atoms with Gasteiger partial charge in [0.2, 0.25) is 0 Å². The van der Waals surface area contributed by atoms with E-state index >= 15 is 0 Å². The maximum Gasteiger partial charge on any atom is 0.0926 e. The fourth-order valence-electron chi connectivity index (χ4n) is 1.59. The van der Waals surface area contributed by atoms with Crippen molar-refractivity contribution in [3.05, 3.63) is 0 Å². The summed E-state index contributed by atoms with van der Waals surface area (Å²) in [5, 5.41) is 54.9. The quantitative estimate of drug-likeness (QED) is 0.276. The zero-order valence-corrected chi connectivity index (χ0v) is 9.29. The molecule has 0 aliphatic rings. The lowest BCUT2D eigenvalue weighted by Crippen LogP contribution is -2.41. The molecule has 0 spiro atoms. The molecule has 0 heterocycles. The summed E-state index contributed by atoms with van der Waals surface area (Å²) in [6.07, 6.45) is -1.87. The van der Waals surface area contributed by atoms with Crippen molar-refractivity contribution in [3.63, 3.8) is 0 Å². The molecule has 0 radical (unpaired) electrons. The Balaban J connectivity index is 4.18. The topological polar surface area (TPSA) is 121 Å². The summed E-state index contributed by atoms with van der Waals surface area (Å²) < 4.78 is 0. The summed E-state index contributed by atoms with van der Waals surface area (Å²) in [5.74, 6) is 0. The van der Waals surface area contributed by atoms with Crippen molar-refractivity contribution in [1.82, 2.24) is 0 Å². The van der Waals surface area contributed by atoms with E-state index in [4.69, 9.17) is 15.3 Å². The minimum Gasteiger partial charge on any atom is -0.396 e. The molecule has 0 aromatic heterocycles. The lowest BCUT2D eigenvalue weighted by Gasteiger charge is -2.30. The van der Waals surface area contributed by atoms with Gasteiger partial charge in [0.25, 0.3) is 0 Å². The van der Waals surface area contributed by atoms with Gasteiger partial charge < -0.3 is 30.6 Å². The first-order chi connectivity index (χ1) is 7.47. The standard InChI is InChI=1S/C10H22O6/c11-3-1-8(14)5-10(16,7-13)6-9(15)2-4-12/h8-9,11-16H,1-7H2. The maximum atomic E-state index is 9.88. The molecule has 0 aliphatic carbocycles. The van der Waals surface area contributed by atoms with Gasteiger partial charge in [0.15, 0.2) is 0 Å². The van der Waals surface area contributed by atoms with Crippen LogP contribution in [0.15, 0.2) is 0 Å². The van der Waals surface area contributed by atoms with Crippen LogP contribution in [0.4, 0.5) is 0 Å². The fourth-order valence-corrected chi connectivity index (χ4v) is 1.59. The maximum absolute atomic E-state index is 9.88. The van der Waals surface area contributed by atoms with Gasteiger partial charge in [-0.05, 0) is 12.8 Å². The lowest BCUT2D eigenvalue weighted by molar-refractivity contribution is -0.0816. The molecule has 6 nitrogen and oxygen atoms in total. The second-order valence-electron chi connectivity index (χ2n) is 4.12. The van der Waals surface area contributed by atoms with Gasteiger partial charge in [-0.2, -0.15) is 0 Å². The molecule has 0 rings (SSSR count). The van der Waals surface area contributed by atoms with Crippen molar-refractivity contribution in [3.8, 4) is 0 Å². The van der Waals surface area contributed by atoms with Crippen molar-refractivity contribution >= 4 is 0 Å². The average Bonchev–Trinajstić information content (AvgIpc) is 2.17. The van der Waals surface area contributed by atoms with Gasteiger partial charge in [-0.25, -0.2) is 0 Å². The van der Waals surface area contributed by atoms with E-state index < -0.39 is 24.4 Å². The average molecular weight is 238 g/mol. The van der Waals surface area contributed by atoms with Crippen LogP contribution < -0.4 is 0 Å². The predicted molar refractivity (Wildman–Crippen MR) is 56.7 cm³/mol. The zero-order valence-electron chi connectivity index (χ0n) is 9.29. The molecule has 0 saturated heterocycles. The highest BCUT2D eigenvalue weighted by atomic mass is 16.3. The summed E-state index contributed by atoms with van der Waals surface area (Å²) in [5.41, 5.74) is -1.58. The van der Waals surface area contributed by atoms with Crippen molar-refractivity contribution < 1.29 is 30.6 Å². The molecule has 6 heteroatoms. The summed E-state index contributed by atoms with van der Waals surface area (Å²) in [6.45, 7) is -0.998. The zero-order chi connectivity index (χ0) is 12.6. The van der Waals surface area contributed by atoms with E-state index in [9.17, 15) is 15.3 Å². The first-order valence-electron chi connectivity index (χ1n) is 5.38. The number of aliphatic hydroxyl groups is 6. The summed E-state index contributed by atoms with van der Waals surface area (Å²) >= 11 is 0. The number of hydrogen-bond donors (Lipinski definition) is 6. The Hall–Kier alpha value is -0.240. The van der Waals surface area contributed by atoms with Crippen LogP contribution >= 0.6 is 0 Å². The van der Waals surface area contributed by atoms with Gasteiger partial charge >= 0.3 is 0 Å². The second kappa shape index (κ2) is 7.94. The first-order valence-corrected chi connectivity index (χ1v) is 5.38. The van der Waals surface area contributed by atoms with Gasteiger partial charge in [-0.3, -0.25) is 0 Å². The van der Waals surface area contributed by atoms with Gasteiger partial charge in [-0.15, -0.1) is 0 Å². The molecular weight excluding hydrogens is 216 g/mol. The van der Waals surface area contributed by atoms with Crippen LogP contribution in [0, 0.1) is 0 Å². The minimum atomic E-state index is -1.58. The third-order valence-electron chi connectivity index (χ3n) is 2.45. The molecule has 98 valence electrons. The third kappa shape index (κ3) is 6.37. The van der Waals surface area contributed by atoms with E-state index in [2.05, 4.69) is 0 Å². The van der Waals surface area contributed by atoms with E-state index in [1.54, 1.807) is 0 Å². The van der Waals surface area contributed by atoms with E-state index in [1.165, 1.54) is 0 Å². The van der Waals surface area contributed by atoms with Crippen LogP contribution in [-0.2, 0) is 0 Å². The highest BCUT2D eigenvalue weighted by Gasteiger charge is 2.31. The van der Waals surface area contributed by atoms with Gasteiger partial charge in [0.1, 0.15) is 0 Å². The van der Waals surface area contributed by atoms with Crippen molar-refractivity contribution in [1.29, 1.82) is 0 Å². The summed E-state index contributed by atoms with van der Waals surface area (Å²) in [7, 11) is 0. The molecular formula is C10H22O6. The van der Waals surface area contributed by atoms with Gasteiger partial charge in [0.05, 0.1) is 24.4 Å². The van der Waals surface area contributed by atoms with Crippen molar-refractivity contribution in [2.45, 2.75) is 43.5 Å². The lowest BCUT2D eigenvalue weighted by atomic mass is 9.89. The third-order valence-corrected chi connectivity index (χ3v) is 2.45. The summed E-state index contributed by atoms with van der Waals surface area (Å²) in [4.78, 5) is 0. The van der Waals surface area contributed by atoms with Crippen LogP contribution in [0.2, 0.25) is 0 Å². The van der Waals surface area contributed by atoms with E-state index in [0.717, 1.165) is 0 Å². The molecule has 0 aliphatic heterocycles. The molecule has 2 unspecified atom stereocenters. The molecule has 0 fully saturated rings. The van der Waals surface area contributed by atoms with Crippen LogP contribution in [0.5, 0.6) is 0 Å². The molecule has 0 amide bonds. The Labute approximate surface area is 94.8 Å². The molecule has 6 N–H and O–H groups in total. The van der Waals surface area contributed by atoms with Gasteiger partial charge in [-0.1, -0.05) is 0 Å². The Kier molecular flexibility index (Phi) is 7.82. The highest BCUT2D eigenvalue weighted by Crippen LogP contribution is 2.21. The predicted octanol–water partition coefficient (Wildman–Crippen LogP) is -2.02. The van der Waals surface area contributed by atoms with Gasteiger partial charge in [0, 0.05) is 26.1 Å². The SMILES string of the molecule is OCCC(O)CC(O)(CO)CC(O)CCO. The molecule has 16 heavy (non-hydrogen) atoms. The van der Waals surface area contributed by atoms with Crippen LogP contribution in [-0.4, -0.2) is 68.3 Å². The monoisotopic (exact) mass is 238 g/mol. The van der Waals surface area contributed by atoms with Crippen LogP contribution in [0.25, 0.3) is 0 Å². The second-order valence-corrected chi connectivity index (χ2v) is 4.12. The van der Waals surface area contributed by atoms with E-state index in [1.807, 2.05) is 0 Å². The molecule has 0 aromatic carbocycles. The Bertz CT molecular complexity index is 161. The normalized spacial score (nSPS) is 19.1. The Morgan fingerprint density at radius 1 is 0.812 bits per heavy atom.